The molecule has 2 aromatic rings. The van der Waals surface area contributed by atoms with Gasteiger partial charge < -0.3 is 0 Å². The van der Waals surface area contributed by atoms with E-state index in [1.165, 1.54) is 4.68 Å². The molecule has 0 aliphatic rings. The highest BCUT2D eigenvalue weighted by Gasteiger charge is 2.18. The summed E-state index contributed by atoms with van der Waals surface area (Å²) in [5, 5.41) is 11.9. The number of aromatic nitrogens is 4. The first-order valence-corrected chi connectivity index (χ1v) is 9.38. The normalized spacial score (nSPS) is 11.8. The van der Waals surface area contributed by atoms with Crippen LogP contribution in [-0.4, -0.2) is 28.6 Å². The van der Waals surface area contributed by atoms with Crippen molar-refractivity contribution in [2.75, 3.05) is 0 Å². The Morgan fingerprint density at radius 3 is 2.64 bits per heavy atom. The standard InChI is InChI=1S/C13H16Cl2N4O2S/c1-2-3-6-19-13(16-17-18-19)9-22(20,21)8-10-4-5-11(14)12(15)7-10/h4-5,7H,2-3,6,8-9H2,1H3. The van der Waals surface area contributed by atoms with Crippen LogP contribution < -0.4 is 0 Å². The summed E-state index contributed by atoms with van der Waals surface area (Å²) in [6.45, 7) is 2.66. The van der Waals surface area contributed by atoms with Gasteiger partial charge in [0.1, 0.15) is 5.75 Å². The van der Waals surface area contributed by atoms with Gasteiger partial charge in [0, 0.05) is 6.54 Å². The van der Waals surface area contributed by atoms with Gasteiger partial charge in [0.05, 0.1) is 15.8 Å². The maximum Gasteiger partial charge on any atom is 0.166 e. The third-order valence-corrected chi connectivity index (χ3v) is 5.26. The van der Waals surface area contributed by atoms with Gasteiger partial charge in [-0.05, 0) is 34.5 Å². The molecule has 22 heavy (non-hydrogen) atoms. The molecule has 9 heteroatoms. The molecule has 0 fully saturated rings. The zero-order valence-corrected chi connectivity index (χ0v) is 14.4. The summed E-state index contributed by atoms with van der Waals surface area (Å²) in [5.74, 6) is 0.0163. The van der Waals surface area contributed by atoms with E-state index in [0.29, 0.717) is 28.0 Å². The molecule has 0 atom stereocenters. The third-order valence-electron chi connectivity index (χ3n) is 3.05. The molecule has 0 saturated carbocycles. The van der Waals surface area contributed by atoms with Gasteiger partial charge in [-0.3, -0.25) is 0 Å². The quantitative estimate of drug-likeness (QED) is 0.756. The van der Waals surface area contributed by atoms with Crippen LogP contribution in [0.5, 0.6) is 0 Å². The number of unbranched alkanes of at least 4 members (excludes halogenated alkanes) is 1. The monoisotopic (exact) mass is 362 g/mol. The maximum atomic E-state index is 12.3. The van der Waals surface area contributed by atoms with Crippen molar-refractivity contribution in [3.8, 4) is 0 Å². The van der Waals surface area contributed by atoms with Crippen molar-refractivity contribution in [1.29, 1.82) is 0 Å². The van der Waals surface area contributed by atoms with Crippen LogP contribution >= 0.6 is 23.2 Å². The highest BCUT2D eigenvalue weighted by Crippen LogP contribution is 2.24. The van der Waals surface area contributed by atoms with Gasteiger partial charge in [0.25, 0.3) is 0 Å². The molecule has 120 valence electrons. The Morgan fingerprint density at radius 1 is 1.18 bits per heavy atom. The first-order chi connectivity index (χ1) is 10.4. The van der Waals surface area contributed by atoms with E-state index in [9.17, 15) is 8.42 Å². The van der Waals surface area contributed by atoms with E-state index in [2.05, 4.69) is 15.5 Å². The van der Waals surface area contributed by atoms with E-state index in [4.69, 9.17) is 23.2 Å². The lowest BCUT2D eigenvalue weighted by Crippen LogP contribution is -2.13. The number of halogens is 2. The molecule has 1 aromatic carbocycles. The van der Waals surface area contributed by atoms with Crippen LogP contribution in [0.1, 0.15) is 31.2 Å². The van der Waals surface area contributed by atoms with Gasteiger partial charge in [-0.25, -0.2) is 13.1 Å². The summed E-state index contributed by atoms with van der Waals surface area (Å²) in [6.07, 6.45) is 1.88. The van der Waals surface area contributed by atoms with Gasteiger partial charge in [-0.15, -0.1) is 5.10 Å². The molecule has 1 heterocycles. The van der Waals surface area contributed by atoms with Gasteiger partial charge in [0.2, 0.25) is 0 Å². The van der Waals surface area contributed by atoms with Gasteiger partial charge in [-0.2, -0.15) is 0 Å². The van der Waals surface area contributed by atoms with E-state index in [0.717, 1.165) is 12.8 Å². The fourth-order valence-corrected chi connectivity index (χ4v) is 3.65. The molecule has 0 spiro atoms. The Bertz CT molecular complexity index is 746. The number of nitrogens with zero attached hydrogens (tertiary/aromatic N) is 4. The number of benzene rings is 1. The summed E-state index contributed by atoms with van der Waals surface area (Å²) < 4.78 is 26.1. The first kappa shape index (κ1) is 17.2. The third kappa shape index (κ3) is 4.66. The van der Waals surface area contributed by atoms with Crippen LogP contribution in [0, 0.1) is 0 Å². The van der Waals surface area contributed by atoms with Crippen molar-refractivity contribution < 1.29 is 8.42 Å². The molecule has 2 rings (SSSR count). The van der Waals surface area contributed by atoms with Crippen LogP contribution in [-0.2, 0) is 27.9 Å². The summed E-state index contributed by atoms with van der Waals surface area (Å²) in [5.41, 5.74) is 0.585. The van der Waals surface area contributed by atoms with Crippen molar-refractivity contribution in [3.63, 3.8) is 0 Å². The number of hydrogen-bond donors (Lipinski definition) is 0. The molecule has 6 nitrogen and oxygen atoms in total. The van der Waals surface area contributed by atoms with Crippen LogP contribution in [0.4, 0.5) is 0 Å². The second-order valence-corrected chi connectivity index (χ2v) is 7.83. The minimum atomic E-state index is -3.40. The predicted octanol–water partition coefficient (Wildman–Crippen LogP) is 2.90. The van der Waals surface area contributed by atoms with Crippen LogP contribution in [0.15, 0.2) is 18.2 Å². The Morgan fingerprint density at radius 2 is 1.95 bits per heavy atom. The Labute approximate surface area is 139 Å². The smallest absolute Gasteiger partial charge is 0.166 e. The number of aryl methyl sites for hydroxylation is 1. The summed E-state index contributed by atoms with van der Waals surface area (Å²) in [4.78, 5) is 0. The van der Waals surface area contributed by atoms with Crippen molar-refractivity contribution in [2.24, 2.45) is 0 Å². The van der Waals surface area contributed by atoms with Gasteiger partial charge >= 0.3 is 0 Å². The van der Waals surface area contributed by atoms with Crippen molar-refractivity contribution in [3.05, 3.63) is 39.6 Å². The van der Waals surface area contributed by atoms with E-state index in [1.54, 1.807) is 18.2 Å². The zero-order chi connectivity index (χ0) is 16.2. The molecule has 0 amide bonds. The van der Waals surface area contributed by atoms with Crippen molar-refractivity contribution in [1.82, 2.24) is 20.2 Å². The maximum absolute atomic E-state index is 12.3. The van der Waals surface area contributed by atoms with E-state index in [1.807, 2.05) is 6.92 Å². The van der Waals surface area contributed by atoms with Crippen LogP contribution in [0.2, 0.25) is 10.0 Å². The van der Waals surface area contributed by atoms with Crippen molar-refractivity contribution in [2.45, 2.75) is 37.8 Å². The van der Waals surface area contributed by atoms with E-state index >= 15 is 0 Å². The van der Waals surface area contributed by atoms with Crippen LogP contribution in [0.3, 0.4) is 0 Å². The summed E-state index contributed by atoms with van der Waals surface area (Å²) in [7, 11) is -3.40. The first-order valence-electron chi connectivity index (χ1n) is 6.80. The molecule has 0 radical (unpaired) electrons. The summed E-state index contributed by atoms with van der Waals surface area (Å²) >= 11 is 11.7. The Hall–Kier alpha value is -1.18. The highest BCUT2D eigenvalue weighted by molar-refractivity contribution is 7.89. The molecule has 0 aliphatic heterocycles. The number of rotatable bonds is 7. The second kappa shape index (κ2) is 7.39. The number of sulfone groups is 1. The van der Waals surface area contributed by atoms with E-state index in [-0.39, 0.29) is 11.5 Å². The Kier molecular flexibility index (Phi) is 5.77. The number of hydrogen-bond acceptors (Lipinski definition) is 5. The SMILES string of the molecule is CCCCn1nnnc1CS(=O)(=O)Cc1ccc(Cl)c(Cl)c1. The average molecular weight is 363 g/mol. The molecule has 0 aliphatic carbocycles. The van der Waals surface area contributed by atoms with Crippen molar-refractivity contribution >= 4 is 33.0 Å². The molecular weight excluding hydrogens is 347 g/mol. The lowest BCUT2D eigenvalue weighted by atomic mass is 10.2. The van der Waals surface area contributed by atoms with Gasteiger partial charge in [-0.1, -0.05) is 42.6 Å². The average Bonchev–Trinajstić information content (AvgIpc) is 2.86. The zero-order valence-electron chi connectivity index (χ0n) is 12.0. The lowest BCUT2D eigenvalue weighted by molar-refractivity contribution is 0.535. The fourth-order valence-electron chi connectivity index (χ4n) is 1.94. The van der Waals surface area contributed by atoms with Gasteiger partial charge in [0.15, 0.2) is 15.7 Å². The molecule has 0 N–H and O–H groups in total. The topological polar surface area (TPSA) is 77.7 Å². The van der Waals surface area contributed by atoms with E-state index < -0.39 is 9.84 Å². The van der Waals surface area contributed by atoms with Crippen LogP contribution in [0.25, 0.3) is 0 Å². The molecule has 0 unspecified atom stereocenters. The molecule has 0 saturated heterocycles. The highest BCUT2D eigenvalue weighted by atomic mass is 35.5. The molecular formula is C13H16Cl2N4O2S. The predicted molar refractivity (Wildman–Crippen MR) is 85.5 cm³/mol. The number of tetrazole rings is 1. The molecule has 0 bridgehead atoms. The summed E-state index contributed by atoms with van der Waals surface area (Å²) in [6, 6.07) is 4.79. The fraction of sp³-hybridized carbons (Fsp3) is 0.462. The largest absolute Gasteiger partial charge is 0.229 e. The minimum absolute atomic E-state index is 0.134. The minimum Gasteiger partial charge on any atom is -0.229 e. The second-order valence-electron chi connectivity index (χ2n) is 4.95. The Balaban J connectivity index is 2.11. The molecule has 1 aromatic heterocycles. The lowest BCUT2D eigenvalue weighted by Gasteiger charge is -2.06.